The number of hydrogen-bond donors (Lipinski definition) is 1. The minimum Gasteiger partial charge on any atom is -0.361 e. The molecule has 3 nitrogen and oxygen atoms in total. The molecule has 1 unspecified atom stereocenters. The first kappa shape index (κ1) is 11.1. The number of aromatic nitrogens is 1. The second-order valence-corrected chi connectivity index (χ2v) is 5.96. The van der Waals surface area contributed by atoms with Crippen LogP contribution in [0.4, 0.5) is 0 Å². The van der Waals surface area contributed by atoms with E-state index >= 15 is 0 Å². The van der Waals surface area contributed by atoms with E-state index < -0.39 is 0 Å². The lowest BCUT2D eigenvalue weighted by molar-refractivity contribution is -0.141. The van der Waals surface area contributed by atoms with Crippen LogP contribution in [0.5, 0.6) is 0 Å². The summed E-state index contributed by atoms with van der Waals surface area (Å²) in [5.41, 5.74) is 3.76. The van der Waals surface area contributed by atoms with E-state index in [1.54, 1.807) is 0 Å². The molecule has 1 aromatic carbocycles. The van der Waals surface area contributed by atoms with Gasteiger partial charge in [0.15, 0.2) is 0 Å². The zero-order valence-corrected chi connectivity index (χ0v) is 11.2. The highest BCUT2D eigenvalue weighted by Crippen LogP contribution is 2.43. The Hall–Kier alpha value is -1.77. The number of piperidine rings is 1. The first-order valence-electron chi connectivity index (χ1n) is 7.10. The number of aromatic amines is 1. The van der Waals surface area contributed by atoms with Crippen molar-refractivity contribution in [3.63, 3.8) is 0 Å². The van der Waals surface area contributed by atoms with Crippen LogP contribution in [0.2, 0.25) is 0 Å². The Morgan fingerprint density at radius 2 is 2.21 bits per heavy atom. The van der Waals surface area contributed by atoms with Gasteiger partial charge in [0.25, 0.3) is 0 Å². The van der Waals surface area contributed by atoms with Gasteiger partial charge in [0.05, 0.1) is 5.54 Å². The average Bonchev–Trinajstić information content (AvgIpc) is 2.75. The van der Waals surface area contributed by atoms with Gasteiger partial charge in [-0.05, 0) is 43.4 Å². The molecule has 2 aromatic rings. The third-order valence-electron chi connectivity index (χ3n) is 4.92. The van der Waals surface area contributed by atoms with Crippen LogP contribution in [-0.4, -0.2) is 22.3 Å². The molecular formula is C16H18N2O. The lowest BCUT2D eigenvalue weighted by atomic mass is 9.81. The fourth-order valence-electron chi connectivity index (χ4n) is 3.91. The Morgan fingerprint density at radius 3 is 3.11 bits per heavy atom. The zero-order valence-electron chi connectivity index (χ0n) is 11.2. The van der Waals surface area contributed by atoms with Crippen molar-refractivity contribution in [2.75, 3.05) is 6.54 Å². The molecular weight excluding hydrogens is 236 g/mol. The molecule has 98 valence electrons. The summed E-state index contributed by atoms with van der Waals surface area (Å²) in [5, 5.41) is 1.35. The third kappa shape index (κ3) is 1.36. The maximum absolute atomic E-state index is 12.3. The van der Waals surface area contributed by atoms with E-state index in [4.69, 9.17) is 0 Å². The summed E-state index contributed by atoms with van der Waals surface area (Å²) in [6.07, 6.45) is 5.85. The van der Waals surface area contributed by atoms with Gasteiger partial charge in [0.2, 0.25) is 5.91 Å². The van der Waals surface area contributed by atoms with E-state index in [1.807, 2.05) is 0 Å². The summed E-state index contributed by atoms with van der Waals surface area (Å²) in [5.74, 6) is 0.319. The topological polar surface area (TPSA) is 36.1 Å². The molecule has 3 heterocycles. The van der Waals surface area contributed by atoms with Crippen LogP contribution in [0.15, 0.2) is 24.4 Å². The van der Waals surface area contributed by atoms with Gasteiger partial charge in [-0.2, -0.15) is 0 Å². The molecule has 1 fully saturated rings. The van der Waals surface area contributed by atoms with Gasteiger partial charge in [0.1, 0.15) is 0 Å². The molecule has 1 saturated heterocycles. The van der Waals surface area contributed by atoms with E-state index in [1.165, 1.54) is 22.0 Å². The number of benzene rings is 1. The van der Waals surface area contributed by atoms with Crippen LogP contribution in [0.25, 0.3) is 10.9 Å². The summed E-state index contributed by atoms with van der Waals surface area (Å²) < 4.78 is 0. The molecule has 1 aromatic heterocycles. The molecule has 0 saturated carbocycles. The van der Waals surface area contributed by atoms with E-state index in [2.05, 4.69) is 41.2 Å². The average molecular weight is 254 g/mol. The van der Waals surface area contributed by atoms with Crippen LogP contribution in [-0.2, 0) is 16.8 Å². The third-order valence-corrected chi connectivity index (χ3v) is 4.92. The highest BCUT2D eigenvalue weighted by molar-refractivity contribution is 5.89. The largest absolute Gasteiger partial charge is 0.361 e. The summed E-state index contributed by atoms with van der Waals surface area (Å²) in [7, 11) is 0. The molecule has 0 radical (unpaired) electrons. The summed E-state index contributed by atoms with van der Waals surface area (Å²) in [6, 6.07) is 6.44. The number of H-pyrrole nitrogens is 1. The SMILES string of the molecule is CC12CCCC(=O)N1CCc1c[nH]c3cccc2c13. The van der Waals surface area contributed by atoms with Crippen LogP contribution in [0.3, 0.4) is 0 Å². The van der Waals surface area contributed by atoms with E-state index in [9.17, 15) is 4.79 Å². The van der Waals surface area contributed by atoms with Crippen LogP contribution in [0.1, 0.15) is 37.3 Å². The minimum absolute atomic E-state index is 0.123. The molecule has 4 rings (SSSR count). The van der Waals surface area contributed by atoms with Gasteiger partial charge in [-0.25, -0.2) is 0 Å². The summed E-state index contributed by atoms with van der Waals surface area (Å²) in [4.78, 5) is 17.8. The number of carbonyl (C=O) groups excluding carboxylic acids is 1. The Balaban J connectivity index is 2.02. The van der Waals surface area contributed by atoms with Gasteiger partial charge in [-0.15, -0.1) is 0 Å². The normalized spacial score (nSPS) is 26.4. The van der Waals surface area contributed by atoms with Gasteiger partial charge in [0, 0.05) is 30.1 Å². The molecule has 0 bridgehead atoms. The zero-order chi connectivity index (χ0) is 13.0. The quantitative estimate of drug-likeness (QED) is 0.771. The highest BCUT2D eigenvalue weighted by atomic mass is 16.2. The fraction of sp³-hybridized carbons (Fsp3) is 0.438. The Labute approximate surface area is 112 Å². The number of nitrogens with one attached hydrogen (secondary N) is 1. The summed E-state index contributed by atoms with van der Waals surface area (Å²) >= 11 is 0. The number of fused-ring (bicyclic) bond motifs is 2. The second-order valence-electron chi connectivity index (χ2n) is 5.96. The van der Waals surface area contributed by atoms with Crippen molar-refractivity contribution in [2.45, 2.75) is 38.1 Å². The van der Waals surface area contributed by atoms with Gasteiger partial charge in [-0.3, -0.25) is 4.79 Å². The van der Waals surface area contributed by atoms with Crippen molar-refractivity contribution in [3.8, 4) is 0 Å². The second kappa shape index (κ2) is 3.62. The standard InChI is InChI=1S/C16H18N2O/c1-16-8-3-6-14(19)18(16)9-7-11-10-17-13-5-2-4-12(16)15(11)13/h2,4-5,10,17H,3,6-9H2,1H3. The lowest BCUT2D eigenvalue weighted by Crippen LogP contribution is -2.50. The molecule has 1 amide bonds. The van der Waals surface area contributed by atoms with Crippen molar-refractivity contribution in [3.05, 3.63) is 35.5 Å². The van der Waals surface area contributed by atoms with Crippen molar-refractivity contribution < 1.29 is 4.79 Å². The van der Waals surface area contributed by atoms with Crippen molar-refractivity contribution in [1.82, 2.24) is 9.88 Å². The first-order chi connectivity index (χ1) is 9.20. The van der Waals surface area contributed by atoms with E-state index in [-0.39, 0.29) is 5.54 Å². The number of nitrogens with zero attached hydrogens (tertiary/aromatic N) is 1. The Kier molecular flexibility index (Phi) is 2.12. The fourth-order valence-corrected chi connectivity index (χ4v) is 3.91. The van der Waals surface area contributed by atoms with Gasteiger partial charge < -0.3 is 9.88 Å². The molecule has 2 aliphatic heterocycles. The first-order valence-corrected chi connectivity index (χ1v) is 7.10. The van der Waals surface area contributed by atoms with Gasteiger partial charge in [-0.1, -0.05) is 12.1 Å². The minimum atomic E-state index is -0.123. The monoisotopic (exact) mass is 254 g/mol. The lowest BCUT2D eigenvalue weighted by Gasteiger charge is -2.44. The smallest absolute Gasteiger partial charge is 0.223 e. The van der Waals surface area contributed by atoms with Crippen LogP contribution < -0.4 is 0 Å². The number of rotatable bonds is 0. The van der Waals surface area contributed by atoms with Crippen molar-refractivity contribution in [1.29, 1.82) is 0 Å². The number of amides is 1. The Morgan fingerprint density at radius 1 is 1.32 bits per heavy atom. The highest BCUT2D eigenvalue weighted by Gasteiger charge is 2.42. The Bertz CT molecular complexity index is 672. The predicted octanol–water partition coefficient (Wildman–Crippen LogP) is 2.95. The van der Waals surface area contributed by atoms with Crippen molar-refractivity contribution in [2.24, 2.45) is 0 Å². The van der Waals surface area contributed by atoms with Gasteiger partial charge >= 0.3 is 0 Å². The van der Waals surface area contributed by atoms with Crippen LogP contribution in [0, 0.1) is 0 Å². The molecule has 3 heteroatoms. The predicted molar refractivity (Wildman–Crippen MR) is 74.9 cm³/mol. The maximum Gasteiger partial charge on any atom is 0.223 e. The van der Waals surface area contributed by atoms with Crippen molar-refractivity contribution >= 4 is 16.8 Å². The molecule has 0 aliphatic carbocycles. The molecule has 1 N–H and O–H groups in total. The van der Waals surface area contributed by atoms with Crippen LogP contribution >= 0.6 is 0 Å². The molecule has 19 heavy (non-hydrogen) atoms. The molecule has 2 aliphatic rings. The molecule has 1 atom stereocenters. The number of carbonyl (C=O) groups is 1. The number of hydrogen-bond acceptors (Lipinski definition) is 1. The summed E-state index contributed by atoms with van der Waals surface area (Å²) in [6.45, 7) is 3.08. The van der Waals surface area contributed by atoms with E-state index in [0.29, 0.717) is 12.3 Å². The van der Waals surface area contributed by atoms with E-state index in [0.717, 1.165) is 25.8 Å². The molecule has 0 spiro atoms. The maximum atomic E-state index is 12.3.